The topological polar surface area (TPSA) is 75.8 Å². The summed E-state index contributed by atoms with van der Waals surface area (Å²) >= 11 is 0. The maximum absolute atomic E-state index is 13.7. The molecule has 2 aromatic carbocycles. The fraction of sp³-hybridized carbons (Fsp3) is 0.400. The van der Waals surface area contributed by atoms with Crippen LogP contribution in [0, 0.1) is 20.8 Å². The molecular weight excluding hydrogens is 374 g/mol. The highest BCUT2D eigenvalue weighted by Crippen LogP contribution is 2.44. The molecule has 30 heavy (non-hydrogen) atoms. The highest BCUT2D eigenvalue weighted by molar-refractivity contribution is 6.47. The molecule has 1 heterocycles. The Morgan fingerprint density at radius 3 is 2.23 bits per heavy atom. The number of aryl methyl sites for hydroxylation is 3. The van der Waals surface area contributed by atoms with E-state index < -0.39 is 17.6 Å². The van der Waals surface area contributed by atoms with Crippen molar-refractivity contribution in [2.24, 2.45) is 10.7 Å². The molecule has 2 N–H and O–H groups in total. The van der Waals surface area contributed by atoms with Crippen LogP contribution in [0.5, 0.6) is 0 Å². The largest absolute Gasteiger partial charge is 0.368 e. The van der Waals surface area contributed by atoms with Gasteiger partial charge < -0.3 is 5.73 Å². The Labute approximate surface area is 178 Å². The second kappa shape index (κ2) is 7.71. The number of benzene rings is 2. The van der Waals surface area contributed by atoms with Gasteiger partial charge in [-0.15, -0.1) is 0 Å². The number of nitrogens with two attached hydrogens (primary N) is 1. The summed E-state index contributed by atoms with van der Waals surface area (Å²) in [6, 6.07) is 12.9. The number of rotatable bonds is 4. The average Bonchev–Trinajstić information content (AvgIpc) is 2.97. The molecule has 0 radical (unpaired) electrons. The lowest BCUT2D eigenvalue weighted by Gasteiger charge is -2.42. The Morgan fingerprint density at radius 1 is 1.00 bits per heavy atom. The number of primary amides is 1. The SMILES string of the molecule is Cc1ccc(C2=NC3(CCCCC3)N(C(C(N)=O)c3ccc(C)cc3C)C2=O)cc1. The van der Waals surface area contributed by atoms with E-state index in [0.29, 0.717) is 5.71 Å². The summed E-state index contributed by atoms with van der Waals surface area (Å²) in [5, 5.41) is 0. The fourth-order valence-electron chi connectivity index (χ4n) is 4.89. The maximum atomic E-state index is 13.7. The molecule has 1 spiro atoms. The minimum atomic E-state index is -0.831. The van der Waals surface area contributed by atoms with Crippen LogP contribution < -0.4 is 5.73 Å². The fourth-order valence-corrected chi connectivity index (χ4v) is 4.89. The number of hydrogen-bond acceptors (Lipinski definition) is 3. The van der Waals surface area contributed by atoms with Crippen molar-refractivity contribution in [3.63, 3.8) is 0 Å². The molecule has 5 heteroatoms. The third kappa shape index (κ3) is 3.42. The van der Waals surface area contributed by atoms with Crippen molar-refractivity contribution in [3.8, 4) is 0 Å². The van der Waals surface area contributed by atoms with Gasteiger partial charge in [0.25, 0.3) is 5.91 Å². The van der Waals surface area contributed by atoms with Crippen molar-refractivity contribution in [2.75, 3.05) is 0 Å². The molecule has 2 aliphatic rings. The first kappa shape index (κ1) is 20.3. The van der Waals surface area contributed by atoms with E-state index in [-0.39, 0.29) is 5.91 Å². The van der Waals surface area contributed by atoms with E-state index in [0.717, 1.165) is 59.9 Å². The number of amides is 2. The van der Waals surface area contributed by atoms with Crippen LogP contribution in [0.25, 0.3) is 0 Å². The van der Waals surface area contributed by atoms with E-state index in [4.69, 9.17) is 10.7 Å². The minimum absolute atomic E-state index is 0.204. The predicted molar refractivity (Wildman–Crippen MR) is 118 cm³/mol. The van der Waals surface area contributed by atoms with Gasteiger partial charge in [-0.1, -0.05) is 60.0 Å². The van der Waals surface area contributed by atoms with Crippen molar-refractivity contribution < 1.29 is 9.59 Å². The summed E-state index contributed by atoms with van der Waals surface area (Å²) in [6.45, 7) is 5.99. The van der Waals surface area contributed by atoms with Gasteiger partial charge in [-0.2, -0.15) is 0 Å². The molecule has 156 valence electrons. The third-order valence-electron chi connectivity index (χ3n) is 6.42. The van der Waals surface area contributed by atoms with Crippen molar-refractivity contribution in [1.29, 1.82) is 0 Å². The molecule has 0 bridgehead atoms. The molecule has 0 aromatic heterocycles. The quantitative estimate of drug-likeness (QED) is 0.833. The number of nitrogens with zero attached hydrogens (tertiary/aromatic N) is 2. The third-order valence-corrected chi connectivity index (χ3v) is 6.42. The van der Waals surface area contributed by atoms with Crippen LogP contribution in [-0.4, -0.2) is 28.1 Å². The first-order chi connectivity index (χ1) is 14.3. The number of aliphatic imine (C=N–C) groups is 1. The normalized spacial score (nSPS) is 19.1. The summed E-state index contributed by atoms with van der Waals surface area (Å²) in [5.74, 6) is -0.717. The smallest absolute Gasteiger partial charge is 0.275 e. The van der Waals surface area contributed by atoms with Gasteiger partial charge in [0.2, 0.25) is 5.91 Å². The van der Waals surface area contributed by atoms with E-state index in [1.807, 2.05) is 63.2 Å². The summed E-state index contributed by atoms with van der Waals surface area (Å²) in [5.41, 5.74) is 10.4. The summed E-state index contributed by atoms with van der Waals surface area (Å²) in [6.07, 6.45) is 4.58. The Bertz CT molecular complexity index is 1020. The Balaban J connectivity index is 1.84. The van der Waals surface area contributed by atoms with E-state index in [9.17, 15) is 9.59 Å². The van der Waals surface area contributed by atoms with Gasteiger partial charge in [-0.25, -0.2) is 0 Å². The lowest BCUT2D eigenvalue weighted by Crippen LogP contribution is -2.53. The van der Waals surface area contributed by atoms with Gasteiger partial charge in [0, 0.05) is 5.56 Å². The zero-order chi connectivity index (χ0) is 21.5. The molecule has 2 amide bonds. The maximum Gasteiger partial charge on any atom is 0.275 e. The molecule has 1 unspecified atom stereocenters. The van der Waals surface area contributed by atoms with Crippen molar-refractivity contribution in [3.05, 3.63) is 70.3 Å². The predicted octanol–water partition coefficient (Wildman–Crippen LogP) is 4.13. The van der Waals surface area contributed by atoms with E-state index in [2.05, 4.69) is 0 Å². The van der Waals surface area contributed by atoms with Gasteiger partial charge in [0.1, 0.15) is 17.4 Å². The van der Waals surface area contributed by atoms with Gasteiger partial charge in [-0.05, 0) is 57.6 Å². The second-order valence-electron chi connectivity index (χ2n) is 8.71. The van der Waals surface area contributed by atoms with Crippen molar-refractivity contribution in [1.82, 2.24) is 4.90 Å². The van der Waals surface area contributed by atoms with Crippen LogP contribution in [0.1, 0.15) is 66.0 Å². The molecule has 2 aromatic rings. The van der Waals surface area contributed by atoms with E-state index in [1.165, 1.54) is 0 Å². The van der Waals surface area contributed by atoms with Crippen molar-refractivity contribution in [2.45, 2.75) is 64.6 Å². The molecule has 1 saturated carbocycles. The lowest BCUT2D eigenvalue weighted by atomic mass is 9.86. The Morgan fingerprint density at radius 2 is 1.63 bits per heavy atom. The first-order valence-corrected chi connectivity index (χ1v) is 10.7. The standard InChI is InChI=1S/C25H29N3O2/c1-16-7-10-19(11-8-16)21-24(30)28(25(27-21)13-5-4-6-14-25)22(23(26)29)20-12-9-17(2)15-18(20)3/h7-12,15,22H,4-6,13-14H2,1-3H3,(H2,26,29). The molecule has 1 fully saturated rings. The van der Waals surface area contributed by atoms with Gasteiger partial charge in [0.15, 0.2) is 0 Å². The summed E-state index contributed by atoms with van der Waals surface area (Å²) in [7, 11) is 0. The first-order valence-electron chi connectivity index (χ1n) is 10.7. The molecule has 1 atom stereocenters. The van der Waals surface area contributed by atoms with Crippen LogP contribution in [0.15, 0.2) is 47.5 Å². The average molecular weight is 404 g/mol. The Hall–Kier alpha value is -2.95. The van der Waals surface area contributed by atoms with Gasteiger partial charge >= 0.3 is 0 Å². The van der Waals surface area contributed by atoms with E-state index in [1.54, 1.807) is 4.90 Å². The van der Waals surface area contributed by atoms with Gasteiger partial charge in [-0.3, -0.25) is 19.5 Å². The molecule has 1 aliphatic carbocycles. The van der Waals surface area contributed by atoms with Crippen LogP contribution >= 0.6 is 0 Å². The van der Waals surface area contributed by atoms with Crippen molar-refractivity contribution >= 4 is 17.5 Å². The second-order valence-corrected chi connectivity index (χ2v) is 8.71. The van der Waals surface area contributed by atoms with Gasteiger partial charge in [0.05, 0.1) is 0 Å². The monoisotopic (exact) mass is 403 g/mol. The zero-order valence-corrected chi connectivity index (χ0v) is 17.9. The molecule has 0 saturated heterocycles. The van der Waals surface area contributed by atoms with Crippen LogP contribution in [-0.2, 0) is 9.59 Å². The molecule has 5 nitrogen and oxygen atoms in total. The number of hydrogen-bond donors (Lipinski definition) is 1. The van der Waals surface area contributed by atoms with Crippen LogP contribution in [0.3, 0.4) is 0 Å². The van der Waals surface area contributed by atoms with Crippen LogP contribution in [0.4, 0.5) is 0 Å². The molecule has 4 rings (SSSR count). The lowest BCUT2D eigenvalue weighted by molar-refractivity contribution is -0.141. The highest BCUT2D eigenvalue weighted by Gasteiger charge is 2.52. The Kier molecular flexibility index (Phi) is 5.22. The number of carbonyl (C=O) groups is 2. The van der Waals surface area contributed by atoms with Crippen LogP contribution in [0.2, 0.25) is 0 Å². The number of carbonyl (C=O) groups excluding carboxylic acids is 2. The molecular formula is C25H29N3O2. The highest BCUT2D eigenvalue weighted by atomic mass is 16.2. The summed E-state index contributed by atoms with van der Waals surface area (Å²) < 4.78 is 0. The van der Waals surface area contributed by atoms with E-state index >= 15 is 0 Å². The zero-order valence-electron chi connectivity index (χ0n) is 17.9. The summed E-state index contributed by atoms with van der Waals surface area (Å²) in [4.78, 5) is 33.2. The minimum Gasteiger partial charge on any atom is -0.368 e. The molecule has 1 aliphatic heterocycles.